The highest BCUT2D eigenvalue weighted by Crippen LogP contribution is 2.42. The van der Waals surface area contributed by atoms with Crippen molar-refractivity contribution in [2.75, 3.05) is 62.6 Å². The van der Waals surface area contributed by atoms with Gasteiger partial charge in [0.05, 0.1) is 34.5 Å². The third kappa shape index (κ3) is 8.08. The van der Waals surface area contributed by atoms with Crippen LogP contribution in [0.15, 0.2) is 42.5 Å². The molecule has 1 unspecified atom stereocenters. The van der Waals surface area contributed by atoms with Crippen LogP contribution in [0.4, 0.5) is 21.6 Å². The van der Waals surface area contributed by atoms with Gasteiger partial charge in [-0.2, -0.15) is 0 Å². The fraction of sp³-hybridized carbons (Fsp3) is 0.511. The number of hydrogen-bond acceptors (Lipinski definition) is 11. The fourth-order valence-electron chi connectivity index (χ4n) is 10.2. The second-order valence-electron chi connectivity index (χ2n) is 17.6. The van der Waals surface area contributed by atoms with Crippen LogP contribution in [0.3, 0.4) is 0 Å². The molecule has 1 atom stereocenters. The minimum absolute atomic E-state index is 0.00779. The standard InChI is InChI=1S/C45H49ClFN9O6/c1-48-35-8-7-30(21-33(35)46)62-29-5-3-28(4-6-29)52(2)44(61)36-9-11-39(51-50-36)55-19-15-45(16-20-55)25-53(26-45)24-27-13-17-54(18-14-27)38-23-32-31(22-34(38)47)42(59)56(43(32)60)37-10-12-40(57)49-41(37)58/h7-9,11,21-23,27-29,37H,3-6,10,12-20,24-26H2,2H3,(H,49,57,58)/i2D3. The van der Waals surface area contributed by atoms with Crippen LogP contribution >= 0.6 is 11.6 Å². The van der Waals surface area contributed by atoms with E-state index in [4.69, 9.17) is 27.0 Å². The zero-order valence-electron chi connectivity index (χ0n) is 37.2. The molecule has 1 aliphatic carbocycles. The van der Waals surface area contributed by atoms with Crippen LogP contribution in [-0.4, -0.2) is 125 Å². The maximum absolute atomic E-state index is 15.5. The molecule has 3 aromatic rings. The summed E-state index contributed by atoms with van der Waals surface area (Å²) < 4.78 is 46.2. The lowest BCUT2D eigenvalue weighted by molar-refractivity contribution is -0.136. The van der Waals surface area contributed by atoms with Gasteiger partial charge in [0.2, 0.25) is 17.5 Å². The molecule has 5 fully saturated rings. The summed E-state index contributed by atoms with van der Waals surface area (Å²) in [7, 11) is 0. The molecule has 5 aliphatic heterocycles. The smallest absolute Gasteiger partial charge is 0.274 e. The molecule has 1 saturated carbocycles. The third-order valence-corrected chi connectivity index (χ3v) is 14.0. The Bertz CT molecular complexity index is 2440. The van der Waals surface area contributed by atoms with E-state index in [1.807, 2.05) is 4.90 Å². The van der Waals surface area contributed by atoms with E-state index < -0.39 is 54.4 Å². The second-order valence-corrected chi connectivity index (χ2v) is 18.0. The van der Waals surface area contributed by atoms with Gasteiger partial charge in [-0.3, -0.25) is 34.2 Å². The number of benzene rings is 2. The Morgan fingerprint density at radius 1 is 0.952 bits per heavy atom. The summed E-state index contributed by atoms with van der Waals surface area (Å²) in [6.07, 6.45) is 5.44. The van der Waals surface area contributed by atoms with Crippen molar-refractivity contribution in [2.45, 2.75) is 82.4 Å². The number of nitrogens with zero attached hydrogens (tertiary/aromatic N) is 8. The summed E-state index contributed by atoms with van der Waals surface area (Å²) in [6.45, 7) is 10.2. The first-order chi connectivity index (χ1) is 31.1. The van der Waals surface area contributed by atoms with E-state index in [-0.39, 0.29) is 46.9 Å². The molecule has 1 aromatic heterocycles. The third-order valence-electron chi connectivity index (χ3n) is 13.7. The normalized spacial score (nSPS) is 25.0. The quantitative estimate of drug-likeness (QED) is 0.214. The highest BCUT2D eigenvalue weighted by atomic mass is 35.5. The molecule has 1 spiro atoms. The topological polar surface area (TPSA) is 153 Å². The van der Waals surface area contributed by atoms with Crippen molar-refractivity contribution in [1.82, 2.24) is 30.2 Å². The van der Waals surface area contributed by atoms with Gasteiger partial charge in [-0.15, -0.1) is 10.2 Å². The maximum atomic E-state index is 15.5. The molecule has 2 aromatic carbocycles. The first kappa shape index (κ1) is 38.0. The summed E-state index contributed by atoms with van der Waals surface area (Å²) >= 11 is 6.17. The molecule has 6 heterocycles. The summed E-state index contributed by atoms with van der Waals surface area (Å²) in [4.78, 5) is 76.0. The molecule has 6 aliphatic rings. The zero-order chi connectivity index (χ0) is 45.8. The Morgan fingerprint density at radius 3 is 2.32 bits per heavy atom. The molecule has 0 radical (unpaired) electrons. The van der Waals surface area contributed by atoms with E-state index in [0.717, 1.165) is 74.3 Å². The Hall–Kier alpha value is -5.66. The van der Waals surface area contributed by atoms with Gasteiger partial charge in [0, 0.05) is 69.4 Å². The number of halogens is 2. The molecule has 5 amide bonds. The van der Waals surface area contributed by atoms with Crippen LogP contribution in [0.2, 0.25) is 5.02 Å². The average molecular weight is 869 g/mol. The van der Waals surface area contributed by atoms with Gasteiger partial charge in [0.15, 0.2) is 11.5 Å². The van der Waals surface area contributed by atoms with Crippen molar-refractivity contribution in [3.05, 3.63) is 81.5 Å². The number of carbonyl (C=O) groups excluding carboxylic acids is 5. The maximum Gasteiger partial charge on any atom is 0.274 e. The van der Waals surface area contributed by atoms with Gasteiger partial charge < -0.3 is 24.3 Å². The number of hydrogen-bond donors (Lipinski definition) is 1. The minimum atomic E-state index is -2.67. The average Bonchev–Trinajstić information content (AvgIpc) is 3.50. The van der Waals surface area contributed by atoms with Crippen molar-refractivity contribution in [3.63, 3.8) is 0 Å². The molecule has 15 nitrogen and oxygen atoms in total. The lowest BCUT2D eigenvalue weighted by Crippen LogP contribution is -2.61. The van der Waals surface area contributed by atoms with Crippen LogP contribution < -0.4 is 19.9 Å². The largest absolute Gasteiger partial charge is 0.490 e. The molecular formula is C45H49ClFN9O6. The van der Waals surface area contributed by atoms with Crippen LogP contribution in [0, 0.1) is 23.7 Å². The number of imide groups is 2. The van der Waals surface area contributed by atoms with Crippen molar-refractivity contribution in [3.8, 4) is 5.75 Å². The van der Waals surface area contributed by atoms with E-state index in [0.29, 0.717) is 67.0 Å². The van der Waals surface area contributed by atoms with Crippen LogP contribution in [-0.2, 0) is 9.59 Å². The van der Waals surface area contributed by atoms with E-state index in [1.165, 1.54) is 6.07 Å². The summed E-state index contributed by atoms with van der Waals surface area (Å²) in [6, 6.07) is 9.09. The summed E-state index contributed by atoms with van der Waals surface area (Å²) in [5.41, 5.74) is 0.788. The van der Waals surface area contributed by atoms with Gasteiger partial charge in [-0.1, -0.05) is 17.7 Å². The van der Waals surface area contributed by atoms with Gasteiger partial charge in [0.25, 0.3) is 17.7 Å². The number of fused-ring (bicyclic) bond motifs is 1. The predicted octanol–water partition coefficient (Wildman–Crippen LogP) is 5.50. The second kappa shape index (κ2) is 16.9. The number of amides is 5. The Balaban J connectivity index is 0.724. The number of nitrogens with one attached hydrogen (secondary N) is 1. The number of aromatic nitrogens is 2. The van der Waals surface area contributed by atoms with Crippen molar-refractivity contribution in [2.24, 2.45) is 11.3 Å². The van der Waals surface area contributed by atoms with Crippen molar-refractivity contribution < 1.29 is 37.2 Å². The van der Waals surface area contributed by atoms with E-state index >= 15 is 4.39 Å². The summed E-state index contributed by atoms with van der Waals surface area (Å²) in [5.74, 6) is -2.22. The van der Waals surface area contributed by atoms with Gasteiger partial charge in [-0.05, 0) is 106 Å². The zero-order valence-corrected chi connectivity index (χ0v) is 34.9. The summed E-state index contributed by atoms with van der Waals surface area (Å²) in [5, 5.41) is 11.1. The first-order valence-corrected chi connectivity index (χ1v) is 21.8. The molecule has 0 bridgehead atoms. The number of piperidine rings is 3. The molecule has 17 heteroatoms. The number of ether oxygens (including phenoxy) is 1. The van der Waals surface area contributed by atoms with Crippen molar-refractivity contribution >= 4 is 58.3 Å². The highest BCUT2D eigenvalue weighted by molar-refractivity contribution is 6.33. The van der Waals surface area contributed by atoms with Crippen LogP contribution in [0.1, 0.15) is 99.5 Å². The Kier molecular flexibility index (Phi) is 10.4. The van der Waals surface area contributed by atoms with Gasteiger partial charge in [-0.25, -0.2) is 9.24 Å². The first-order valence-electron chi connectivity index (χ1n) is 22.9. The van der Waals surface area contributed by atoms with E-state index in [2.05, 4.69) is 30.2 Å². The predicted molar refractivity (Wildman–Crippen MR) is 227 cm³/mol. The lowest BCUT2D eigenvalue weighted by atomic mass is 9.71. The minimum Gasteiger partial charge on any atom is -0.490 e. The Morgan fingerprint density at radius 2 is 1.68 bits per heavy atom. The van der Waals surface area contributed by atoms with Crippen LogP contribution in [0.25, 0.3) is 4.85 Å². The SMILES string of the molecule is [2H]C([2H])([2H])N(C(=O)c1ccc(N2CCC3(CC2)CN(CC2CCN(c4cc5c(cc4F)C(=O)N(C4CCC(=O)NC4=O)C5=O)CC2)C3)nn1)C1CCC(Oc2ccc([N+]#[C-])c(Cl)c2)CC1. The fourth-order valence-corrected chi connectivity index (χ4v) is 10.4. The van der Waals surface area contributed by atoms with Gasteiger partial charge >= 0.3 is 0 Å². The van der Waals surface area contributed by atoms with Crippen molar-refractivity contribution in [1.29, 1.82) is 0 Å². The molecular weight excluding hydrogens is 817 g/mol. The number of likely N-dealkylation sites (tertiary alicyclic amines) is 1. The molecule has 1 N–H and O–H groups in total. The Labute approximate surface area is 368 Å². The number of carbonyl (C=O) groups is 5. The lowest BCUT2D eigenvalue weighted by Gasteiger charge is -2.55. The molecule has 4 saturated heterocycles. The number of rotatable bonds is 9. The highest BCUT2D eigenvalue weighted by Gasteiger charge is 2.47. The van der Waals surface area contributed by atoms with Crippen LogP contribution in [0.5, 0.6) is 5.75 Å². The monoisotopic (exact) mass is 868 g/mol. The number of anilines is 2. The molecule has 9 rings (SSSR count). The van der Waals surface area contributed by atoms with E-state index in [9.17, 15) is 24.0 Å². The molecule has 62 heavy (non-hydrogen) atoms. The molecule has 324 valence electrons. The van der Waals surface area contributed by atoms with E-state index in [1.54, 1.807) is 30.3 Å². The van der Waals surface area contributed by atoms with Gasteiger partial charge in [0.1, 0.15) is 17.6 Å².